The van der Waals surface area contributed by atoms with Crippen molar-refractivity contribution >= 4 is 83.4 Å². The van der Waals surface area contributed by atoms with E-state index < -0.39 is 5.41 Å². The van der Waals surface area contributed by atoms with E-state index in [0.29, 0.717) is 0 Å². The monoisotopic (exact) mass is 925 g/mol. The molecule has 0 radical (unpaired) electrons. The van der Waals surface area contributed by atoms with Gasteiger partial charge in [0.1, 0.15) is 23.0 Å². The molecule has 0 atom stereocenters. The van der Waals surface area contributed by atoms with Gasteiger partial charge in [0.15, 0.2) is 0 Å². The van der Waals surface area contributed by atoms with Gasteiger partial charge in [-0.05, 0) is 127 Å². The van der Waals surface area contributed by atoms with Crippen molar-refractivity contribution < 1.29 is 9.47 Å². The van der Waals surface area contributed by atoms with Crippen LogP contribution in [-0.2, 0) is 16.2 Å². The lowest BCUT2D eigenvalue weighted by molar-refractivity contribution is 0.469. The van der Waals surface area contributed by atoms with Crippen molar-refractivity contribution in [2.24, 2.45) is 0 Å². The molecule has 0 unspecified atom stereocenters. The summed E-state index contributed by atoms with van der Waals surface area (Å²) in [5, 5.41) is 2.35. The molecule has 0 amide bonds. The molecule has 1 aromatic heterocycles. The van der Waals surface area contributed by atoms with Crippen LogP contribution in [0.2, 0.25) is 0 Å². The highest BCUT2D eigenvalue weighted by molar-refractivity contribution is 7.99. The maximum Gasteiger partial charge on any atom is 0.261 e. The number of hydrogen-bond acceptors (Lipinski definition) is 5. The number of hydrogen-bond donors (Lipinski definition) is 0. The fraction of sp³-hybridized carbons (Fsp3) is 0.143. The molecule has 1 spiro atoms. The maximum absolute atomic E-state index is 7.50. The second-order valence-electron chi connectivity index (χ2n) is 21.2. The smallest absolute Gasteiger partial charge is 0.261 e. The number of anilines is 3. The molecule has 4 heterocycles. The van der Waals surface area contributed by atoms with Gasteiger partial charge < -0.3 is 14.4 Å². The van der Waals surface area contributed by atoms with Crippen LogP contribution in [0, 0.1) is 0 Å². The summed E-state index contributed by atoms with van der Waals surface area (Å²) in [4.78, 5) is 4.97. The van der Waals surface area contributed by atoms with Crippen LogP contribution < -0.4 is 30.8 Å². The molecule has 14 rings (SSSR count). The van der Waals surface area contributed by atoms with Crippen LogP contribution in [0.1, 0.15) is 74.9 Å². The normalized spacial score (nSPS) is 14.5. The van der Waals surface area contributed by atoms with Gasteiger partial charge in [0.25, 0.3) is 6.71 Å². The molecule has 0 fully saturated rings. The third-order valence-electron chi connectivity index (χ3n) is 15.2. The number of fused-ring (bicyclic) bond motifs is 18. The largest absolute Gasteiger partial charge is 0.458 e. The average molecular weight is 926 g/mol. The molecule has 10 aromatic rings. The molecule has 332 valence electrons. The van der Waals surface area contributed by atoms with Crippen molar-refractivity contribution in [3.05, 3.63) is 215 Å². The Morgan fingerprint density at radius 3 is 1.74 bits per heavy atom. The van der Waals surface area contributed by atoms with Crippen LogP contribution in [-0.4, -0.2) is 6.71 Å². The van der Waals surface area contributed by atoms with Crippen LogP contribution in [0.4, 0.5) is 17.1 Å². The van der Waals surface area contributed by atoms with Crippen molar-refractivity contribution in [2.75, 3.05) is 4.90 Å². The molecule has 6 heteroatoms. The minimum atomic E-state index is -0.514. The predicted molar refractivity (Wildman–Crippen MR) is 291 cm³/mol. The second-order valence-corrected chi connectivity index (χ2v) is 23.3. The molecule has 3 nitrogen and oxygen atoms in total. The maximum atomic E-state index is 7.50. The Labute approximate surface area is 412 Å². The quantitative estimate of drug-likeness (QED) is 0.165. The molecular weight excluding hydrogens is 878 g/mol. The first-order valence-electron chi connectivity index (χ1n) is 24.1. The van der Waals surface area contributed by atoms with E-state index >= 15 is 0 Å². The van der Waals surface area contributed by atoms with Gasteiger partial charge in [0, 0.05) is 58.6 Å². The Bertz CT molecular complexity index is 3700. The molecule has 1 aliphatic carbocycles. The summed E-state index contributed by atoms with van der Waals surface area (Å²) >= 11 is 3.68. The Morgan fingerprint density at radius 2 is 1.07 bits per heavy atom. The van der Waals surface area contributed by atoms with Gasteiger partial charge in [-0.1, -0.05) is 169 Å². The van der Waals surface area contributed by atoms with Crippen molar-refractivity contribution in [3.8, 4) is 34.1 Å². The molecule has 4 aliphatic rings. The van der Waals surface area contributed by atoms with Gasteiger partial charge in [-0.3, -0.25) is 0 Å². The van der Waals surface area contributed by atoms with Crippen molar-refractivity contribution in [3.63, 3.8) is 0 Å². The molecule has 3 aliphatic heterocycles. The van der Waals surface area contributed by atoms with Crippen LogP contribution in [0.3, 0.4) is 0 Å². The molecule has 69 heavy (non-hydrogen) atoms. The zero-order valence-corrected chi connectivity index (χ0v) is 41.1. The minimum absolute atomic E-state index is 0.0316. The summed E-state index contributed by atoms with van der Waals surface area (Å²) in [6.45, 7) is 13.5. The first-order valence-corrected chi connectivity index (χ1v) is 25.7. The fourth-order valence-electron chi connectivity index (χ4n) is 12.0. The lowest BCUT2D eigenvalue weighted by atomic mass is 9.34. The molecule has 0 saturated heterocycles. The SMILES string of the molecule is CC(C)(C)c1ccc(N(c2ccc(C(C)(C)C)cc2)c2ccc3c(c2)Oc2c4c(cc5sc6ccccc6c25)Oc2ccc5c(c2B34)-c2ccccc2C52c3ccccc3Sc3ccccc32)cc1. The minimum Gasteiger partial charge on any atom is -0.458 e. The summed E-state index contributed by atoms with van der Waals surface area (Å²) < 4.78 is 17.1. The zero-order valence-electron chi connectivity index (χ0n) is 39.5. The topological polar surface area (TPSA) is 21.7 Å². The van der Waals surface area contributed by atoms with Crippen molar-refractivity contribution in [2.45, 2.75) is 67.6 Å². The first-order chi connectivity index (χ1) is 33.5. The highest BCUT2D eigenvalue weighted by Crippen LogP contribution is 2.62. The summed E-state index contributed by atoms with van der Waals surface area (Å²) in [6.07, 6.45) is 0. The van der Waals surface area contributed by atoms with E-state index in [1.807, 2.05) is 11.8 Å². The van der Waals surface area contributed by atoms with E-state index in [1.165, 1.54) is 69.8 Å². The highest BCUT2D eigenvalue weighted by Gasteiger charge is 2.53. The Morgan fingerprint density at radius 1 is 0.478 bits per heavy atom. The molecular formula is C63H48BNO2S2. The first kappa shape index (κ1) is 41.0. The van der Waals surface area contributed by atoms with Gasteiger partial charge in [0.2, 0.25) is 0 Å². The summed E-state index contributed by atoms with van der Waals surface area (Å²) in [5.74, 6) is 3.51. The van der Waals surface area contributed by atoms with Gasteiger partial charge >= 0.3 is 0 Å². The lowest BCUT2D eigenvalue weighted by Crippen LogP contribution is -2.58. The van der Waals surface area contributed by atoms with E-state index in [0.717, 1.165) is 61.1 Å². The van der Waals surface area contributed by atoms with Crippen LogP contribution >= 0.6 is 23.1 Å². The number of ether oxygens (including phenoxy) is 2. The number of nitrogens with zero attached hydrogens (tertiary/aromatic N) is 1. The van der Waals surface area contributed by atoms with E-state index in [1.54, 1.807) is 11.3 Å². The number of benzene rings is 9. The van der Waals surface area contributed by atoms with Crippen LogP contribution in [0.15, 0.2) is 192 Å². The molecule has 0 bridgehead atoms. The molecule has 9 aromatic carbocycles. The third kappa shape index (κ3) is 5.82. The van der Waals surface area contributed by atoms with Gasteiger partial charge in [-0.25, -0.2) is 0 Å². The van der Waals surface area contributed by atoms with Crippen molar-refractivity contribution in [1.29, 1.82) is 0 Å². The second kappa shape index (κ2) is 14.5. The highest BCUT2D eigenvalue weighted by atomic mass is 32.2. The summed E-state index contributed by atoms with van der Waals surface area (Å²) in [6, 6.07) is 68.0. The molecule has 0 N–H and O–H groups in total. The zero-order chi connectivity index (χ0) is 46.6. The third-order valence-corrected chi connectivity index (χ3v) is 17.5. The van der Waals surface area contributed by atoms with E-state index in [4.69, 9.17) is 9.47 Å². The van der Waals surface area contributed by atoms with Crippen LogP contribution in [0.5, 0.6) is 23.0 Å². The fourth-order valence-corrected chi connectivity index (χ4v) is 14.3. The molecule has 0 saturated carbocycles. The van der Waals surface area contributed by atoms with Gasteiger partial charge in [-0.2, -0.15) is 0 Å². The Balaban J connectivity index is 1.04. The van der Waals surface area contributed by atoms with Crippen LogP contribution in [0.25, 0.3) is 31.3 Å². The number of thiophene rings is 1. The summed E-state index contributed by atoms with van der Waals surface area (Å²) in [5.41, 5.74) is 16.6. The summed E-state index contributed by atoms with van der Waals surface area (Å²) in [7, 11) is 0. The van der Waals surface area contributed by atoms with Gasteiger partial charge in [-0.15, -0.1) is 11.3 Å². The van der Waals surface area contributed by atoms with Crippen molar-refractivity contribution in [1.82, 2.24) is 0 Å². The average Bonchev–Trinajstić information content (AvgIpc) is 3.87. The lowest BCUT2D eigenvalue weighted by Gasteiger charge is -2.40. The van der Waals surface area contributed by atoms with E-state index in [2.05, 4.69) is 228 Å². The standard InChI is InChI=1S/C63H48BNO2S2/c1-61(2,3)37-23-27-39(28-24-37)65(40-29-25-38(26-30-40)62(4,5)6)41-31-33-48-50(35-41)67-60-57-43-16-8-12-20-52(43)68-55(57)36-51-59(60)64(48)58-49(66-51)34-32-47-56(58)42-15-7-9-17-44(42)63(47)45-18-10-13-21-53(45)69-54-22-14-11-19-46(54)63/h7-36H,1-6H3. The Hall–Kier alpha value is -6.99. The predicted octanol–water partition coefficient (Wildman–Crippen LogP) is 15.7. The number of rotatable bonds is 3. The van der Waals surface area contributed by atoms with E-state index in [-0.39, 0.29) is 17.5 Å². The van der Waals surface area contributed by atoms with Gasteiger partial charge in [0.05, 0.1) is 5.41 Å². The Kier molecular flexibility index (Phi) is 8.64. The van der Waals surface area contributed by atoms with E-state index in [9.17, 15) is 0 Å².